The van der Waals surface area contributed by atoms with Gasteiger partial charge in [0.05, 0.1) is 12.5 Å². The van der Waals surface area contributed by atoms with Gasteiger partial charge in [0.1, 0.15) is 18.3 Å². The molecule has 0 amide bonds. The van der Waals surface area contributed by atoms with Crippen molar-refractivity contribution in [3.8, 4) is 0 Å². The molecule has 0 radical (unpaired) electrons. The predicted octanol–water partition coefficient (Wildman–Crippen LogP) is 3.12. The van der Waals surface area contributed by atoms with Gasteiger partial charge in [0.15, 0.2) is 6.10 Å². The van der Waals surface area contributed by atoms with Crippen LogP contribution in [0.2, 0.25) is 0 Å². The summed E-state index contributed by atoms with van der Waals surface area (Å²) in [7, 11) is 0. The standard InChI is InChI=1S/C23H32O7/c1-13(2)8-20(25)29-18-7-6-16(11-27-15(5)24)17-10-19(23(12-28-23)22(17)18)30-21(26)9-14(3)4/h6,10,13-14,18-19,22H,7-9,11-12H2,1-5H3/t18-,19+,22-,23-/m1/s1. The number of carbonyl (C=O) groups is 3. The topological polar surface area (TPSA) is 91.4 Å². The van der Waals surface area contributed by atoms with Gasteiger partial charge in [0, 0.05) is 26.2 Å². The Morgan fingerprint density at radius 1 is 1.10 bits per heavy atom. The second-order valence-corrected chi connectivity index (χ2v) is 9.22. The van der Waals surface area contributed by atoms with Crippen molar-refractivity contribution in [2.24, 2.45) is 17.8 Å². The van der Waals surface area contributed by atoms with Crippen molar-refractivity contribution in [3.63, 3.8) is 0 Å². The zero-order chi connectivity index (χ0) is 22.1. The molecule has 0 bridgehead atoms. The van der Waals surface area contributed by atoms with E-state index < -0.39 is 17.8 Å². The fraction of sp³-hybridized carbons (Fsp3) is 0.696. The van der Waals surface area contributed by atoms with Crippen molar-refractivity contribution in [2.45, 2.75) is 71.7 Å². The minimum Gasteiger partial charge on any atom is -0.461 e. The SMILES string of the molecule is CC(=O)OCC1=CC[C@@H](OC(=O)CC(C)C)[C@H]2C1=C[C@H](OC(=O)CC(C)C)[C@]21CO1. The first kappa shape index (κ1) is 22.5. The molecule has 0 unspecified atom stereocenters. The Hall–Kier alpha value is -2.15. The van der Waals surface area contributed by atoms with Crippen LogP contribution in [-0.2, 0) is 33.3 Å². The molecule has 1 saturated heterocycles. The van der Waals surface area contributed by atoms with Crippen LogP contribution in [0.4, 0.5) is 0 Å². The zero-order valence-corrected chi connectivity index (χ0v) is 18.4. The predicted molar refractivity (Wildman–Crippen MR) is 108 cm³/mol. The average Bonchev–Trinajstić information content (AvgIpc) is 3.33. The molecule has 3 rings (SSSR count). The lowest BCUT2D eigenvalue weighted by Crippen LogP contribution is -2.44. The lowest BCUT2D eigenvalue weighted by atomic mass is 9.77. The molecule has 0 aromatic carbocycles. The van der Waals surface area contributed by atoms with Crippen LogP contribution in [0.3, 0.4) is 0 Å². The van der Waals surface area contributed by atoms with E-state index in [-0.39, 0.29) is 42.3 Å². The normalized spacial score (nSPS) is 29.4. The van der Waals surface area contributed by atoms with Gasteiger partial charge in [-0.15, -0.1) is 0 Å². The minimum atomic E-state index is -0.708. The van der Waals surface area contributed by atoms with E-state index in [1.54, 1.807) is 0 Å². The summed E-state index contributed by atoms with van der Waals surface area (Å²) in [4.78, 5) is 36.0. The lowest BCUT2D eigenvalue weighted by Gasteiger charge is -2.34. The quantitative estimate of drug-likeness (QED) is 0.338. The molecule has 3 aliphatic rings. The van der Waals surface area contributed by atoms with E-state index in [9.17, 15) is 14.4 Å². The summed E-state index contributed by atoms with van der Waals surface area (Å²) in [5, 5.41) is 0. The van der Waals surface area contributed by atoms with Crippen molar-refractivity contribution in [3.05, 3.63) is 23.3 Å². The van der Waals surface area contributed by atoms with Crippen LogP contribution >= 0.6 is 0 Å². The van der Waals surface area contributed by atoms with Crippen LogP contribution in [0.1, 0.15) is 53.9 Å². The first-order valence-corrected chi connectivity index (χ1v) is 10.7. The molecule has 0 N–H and O–H groups in total. The molecular weight excluding hydrogens is 388 g/mol. The molecule has 1 fully saturated rings. The van der Waals surface area contributed by atoms with E-state index in [0.717, 1.165) is 11.1 Å². The summed E-state index contributed by atoms with van der Waals surface area (Å²) >= 11 is 0. The summed E-state index contributed by atoms with van der Waals surface area (Å²) in [6, 6.07) is 0. The molecule has 4 atom stereocenters. The van der Waals surface area contributed by atoms with Crippen molar-refractivity contribution in [1.82, 2.24) is 0 Å². The van der Waals surface area contributed by atoms with E-state index in [0.29, 0.717) is 25.9 Å². The molecule has 0 aromatic heterocycles. The molecule has 0 saturated carbocycles. The number of hydrogen-bond acceptors (Lipinski definition) is 7. The Morgan fingerprint density at radius 2 is 1.70 bits per heavy atom. The largest absolute Gasteiger partial charge is 0.461 e. The summed E-state index contributed by atoms with van der Waals surface area (Å²) in [6.45, 7) is 9.78. The zero-order valence-electron chi connectivity index (χ0n) is 18.4. The summed E-state index contributed by atoms with van der Waals surface area (Å²) in [6.07, 6.45) is 4.03. The molecule has 7 nitrogen and oxygen atoms in total. The monoisotopic (exact) mass is 420 g/mol. The van der Waals surface area contributed by atoms with Crippen LogP contribution in [0.25, 0.3) is 0 Å². The van der Waals surface area contributed by atoms with Gasteiger partial charge in [-0.25, -0.2) is 0 Å². The number of fused-ring (bicyclic) bond motifs is 2. The highest BCUT2D eigenvalue weighted by atomic mass is 16.6. The molecule has 2 aliphatic carbocycles. The van der Waals surface area contributed by atoms with Crippen molar-refractivity contribution in [1.29, 1.82) is 0 Å². The highest BCUT2D eigenvalue weighted by Gasteiger charge is 2.66. The fourth-order valence-electron chi connectivity index (χ4n) is 4.25. The highest BCUT2D eigenvalue weighted by molar-refractivity contribution is 5.71. The van der Waals surface area contributed by atoms with Gasteiger partial charge >= 0.3 is 17.9 Å². The summed E-state index contributed by atoms with van der Waals surface area (Å²) in [5.41, 5.74) is 1.02. The Balaban J connectivity index is 1.83. The maximum absolute atomic E-state index is 12.4. The fourth-order valence-corrected chi connectivity index (χ4v) is 4.25. The molecule has 1 spiro atoms. The average molecular weight is 421 g/mol. The first-order valence-electron chi connectivity index (χ1n) is 10.7. The maximum atomic E-state index is 12.4. The molecule has 0 aromatic rings. The van der Waals surface area contributed by atoms with Crippen LogP contribution in [0, 0.1) is 17.8 Å². The van der Waals surface area contributed by atoms with Crippen LogP contribution in [0.15, 0.2) is 23.3 Å². The minimum absolute atomic E-state index is 0.132. The van der Waals surface area contributed by atoms with Gasteiger partial charge in [-0.3, -0.25) is 14.4 Å². The Bertz CT molecular complexity index is 758. The smallest absolute Gasteiger partial charge is 0.306 e. The van der Waals surface area contributed by atoms with Gasteiger partial charge in [0.2, 0.25) is 0 Å². The Kier molecular flexibility index (Phi) is 6.70. The van der Waals surface area contributed by atoms with E-state index >= 15 is 0 Å². The molecule has 166 valence electrons. The molecule has 7 heteroatoms. The Morgan fingerprint density at radius 3 is 2.23 bits per heavy atom. The van der Waals surface area contributed by atoms with Gasteiger partial charge in [-0.2, -0.15) is 0 Å². The van der Waals surface area contributed by atoms with E-state index in [4.69, 9.17) is 18.9 Å². The first-order chi connectivity index (χ1) is 14.1. The van der Waals surface area contributed by atoms with Gasteiger partial charge in [-0.05, 0) is 29.1 Å². The maximum Gasteiger partial charge on any atom is 0.306 e. The molecule has 1 heterocycles. The number of rotatable bonds is 8. The molecule has 1 aliphatic heterocycles. The summed E-state index contributed by atoms with van der Waals surface area (Å²) in [5.74, 6) is -0.754. The third-order valence-corrected chi connectivity index (χ3v) is 5.61. The number of hydrogen-bond donors (Lipinski definition) is 0. The van der Waals surface area contributed by atoms with E-state index in [1.807, 2.05) is 39.8 Å². The van der Waals surface area contributed by atoms with E-state index in [1.165, 1.54) is 6.92 Å². The van der Waals surface area contributed by atoms with Crippen molar-refractivity contribution >= 4 is 17.9 Å². The van der Waals surface area contributed by atoms with Gasteiger partial charge < -0.3 is 18.9 Å². The number of epoxide rings is 1. The molecular formula is C23H32O7. The number of esters is 3. The van der Waals surface area contributed by atoms with Crippen molar-refractivity contribution in [2.75, 3.05) is 13.2 Å². The third kappa shape index (κ3) is 4.94. The second-order valence-electron chi connectivity index (χ2n) is 9.22. The highest BCUT2D eigenvalue weighted by Crippen LogP contribution is 2.55. The van der Waals surface area contributed by atoms with Gasteiger partial charge in [0.25, 0.3) is 0 Å². The van der Waals surface area contributed by atoms with Crippen LogP contribution in [0.5, 0.6) is 0 Å². The van der Waals surface area contributed by atoms with Crippen molar-refractivity contribution < 1.29 is 33.3 Å². The Labute approximate surface area is 177 Å². The third-order valence-electron chi connectivity index (χ3n) is 5.61. The number of ether oxygens (including phenoxy) is 4. The number of carbonyl (C=O) groups excluding carboxylic acids is 3. The second kappa shape index (κ2) is 8.92. The molecule has 30 heavy (non-hydrogen) atoms. The van der Waals surface area contributed by atoms with Gasteiger partial charge in [-0.1, -0.05) is 33.8 Å². The van der Waals surface area contributed by atoms with Crippen LogP contribution in [-0.4, -0.2) is 48.9 Å². The van der Waals surface area contributed by atoms with Crippen LogP contribution < -0.4 is 0 Å². The lowest BCUT2D eigenvalue weighted by molar-refractivity contribution is -0.158. The van der Waals surface area contributed by atoms with E-state index in [2.05, 4.69) is 0 Å². The summed E-state index contributed by atoms with van der Waals surface area (Å²) < 4.78 is 22.7.